The summed E-state index contributed by atoms with van der Waals surface area (Å²) in [5.74, 6) is 0. The van der Waals surface area contributed by atoms with E-state index >= 15 is 0 Å². The van der Waals surface area contributed by atoms with Gasteiger partial charge in [0, 0.05) is 0 Å². The Bertz CT molecular complexity index is 1780. The van der Waals surface area contributed by atoms with Crippen molar-refractivity contribution in [1.82, 2.24) is 0 Å². The molecule has 0 saturated carbocycles. The van der Waals surface area contributed by atoms with Gasteiger partial charge in [-0.05, 0) is 56.1 Å². The van der Waals surface area contributed by atoms with Crippen molar-refractivity contribution in [3.05, 3.63) is 167 Å². The minimum Gasteiger partial charge on any atom is -0.358 e. The van der Waals surface area contributed by atoms with Crippen LogP contribution < -0.4 is 10.4 Å². The summed E-state index contributed by atoms with van der Waals surface area (Å²) in [6.45, 7) is 27.8. The number of hydrogen-bond acceptors (Lipinski definition) is 0. The van der Waals surface area contributed by atoms with Crippen LogP contribution in [-0.4, -0.2) is 8.80 Å². The fourth-order valence-corrected chi connectivity index (χ4v) is 10.3. The monoisotopic (exact) mass is 870 g/mol. The Morgan fingerprint density at radius 2 is 0.788 bits per heavy atom. The summed E-state index contributed by atoms with van der Waals surface area (Å²) >= 11 is 0. The van der Waals surface area contributed by atoms with Crippen molar-refractivity contribution < 1.29 is 25.8 Å². The van der Waals surface area contributed by atoms with Gasteiger partial charge >= 0.3 is 25.8 Å². The number of allylic oxidation sites excluding steroid dienone is 2. The number of rotatable bonds is 2. The summed E-state index contributed by atoms with van der Waals surface area (Å²) < 4.78 is 0. The van der Waals surface area contributed by atoms with Crippen molar-refractivity contribution in [3.63, 3.8) is 0 Å². The molecule has 0 fully saturated rings. The third-order valence-electron chi connectivity index (χ3n) is 12.2. The van der Waals surface area contributed by atoms with E-state index in [1.54, 1.807) is 22.3 Å². The van der Waals surface area contributed by atoms with E-state index in [0.717, 1.165) is 12.8 Å². The molecule has 4 aliphatic rings. The molecule has 0 bridgehead atoms. The van der Waals surface area contributed by atoms with Crippen LogP contribution in [0.1, 0.15) is 139 Å². The van der Waals surface area contributed by atoms with E-state index in [1.165, 1.54) is 69.5 Å². The van der Waals surface area contributed by atoms with Gasteiger partial charge in [-0.2, -0.15) is 35.4 Å². The predicted octanol–water partition coefficient (Wildman–Crippen LogP) is 11.2. The average Bonchev–Trinajstić information content (AvgIpc) is 3.65. The Morgan fingerprint density at radius 1 is 0.500 bits per heavy atom. The summed E-state index contributed by atoms with van der Waals surface area (Å²) in [5, 5.41) is 2.80. The third-order valence-corrected chi connectivity index (χ3v) is 14.5. The van der Waals surface area contributed by atoms with Crippen LogP contribution in [-0.2, 0) is 60.3 Å². The normalized spacial score (nSPS) is 18.9. The Morgan fingerprint density at radius 3 is 1.10 bits per heavy atom. The van der Waals surface area contributed by atoms with Crippen LogP contribution in [0, 0.1) is 26.1 Å². The largest absolute Gasteiger partial charge is 4.00 e. The minimum atomic E-state index is -1.17. The maximum atomic E-state index is 4.32. The molecule has 0 saturated heterocycles. The van der Waals surface area contributed by atoms with Crippen LogP contribution in [0.3, 0.4) is 0 Å². The molecule has 0 heterocycles. The standard InChI is InChI=1S/2C18H23.C13H13Si.CH3.Hf/c2*1-12-8-13-10-15-16(11-14(13)9-12)18(4,5)7-6-17(15,2)3;1-14(12-8-4-2-5-9-12)13-10-6-3-7-11-13;;/h2*10-11H,6-8H2,1-5H3;2-11,14H,1H2;1H3;/q4*-1;+4. The molecule has 0 aromatic heterocycles. The molecule has 8 rings (SSSR count). The molecule has 0 unspecified atom stereocenters. The van der Waals surface area contributed by atoms with Gasteiger partial charge in [0.25, 0.3) is 0 Å². The van der Waals surface area contributed by atoms with Gasteiger partial charge in [-0.3, -0.25) is 0 Å². The van der Waals surface area contributed by atoms with E-state index < -0.39 is 8.80 Å². The van der Waals surface area contributed by atoms with E-state index in [4.69, 9.17) is 0 Å². The third kappa shape index (κ3) is 8.87. The van der Waals surface area contributed by atoms with Gasteiger partial charge in [-0.25, -0.2) is 0 Å². The molecule has 0 amide bonds. The van der Waals surface area contributed by atoms with E-state index in [2.05, 4.69) is 173 Å². The van der Waals surface area contributed by atoms with Crippen molar-refractivity contribution in [2.75, 3.05) is 0 Å². The van der Waals surface area contributed by atoms with Crippen LogP contribution in [0.5, 0.6) is 0 Å². The van der Waals surface area contributed by atoms with Crippen LogP contribution in [0.2, 0.25) is 0 Å². The Labute approximate surface area is 339 Å². The summed E-state index contributed by atoms with van der Waals surface area (Å²) in [6.07, 6.45) is 14.4. The maximum absolute atomic E-state index is 4.32. The van der Waals surface area contributed by atoms with Crippen molar-refractivity contribution in [1.29, 1.82) is 0 Å². The second-order valence-corrected chi connectivity index (χ2v) is 20.6. The second kappa shape index (κ2) is 16.0. The van der Waals surface area contributed by atoms with Gasteiger partial charge in [0.05, 0.1) is 0 Å². The molecule has 0 aliphatic heterocycles. The van der Waals surface area contributed by atoms with Crippen LogP contribution in [0.15, 0.2) is 96.1 Å². The molecule has 4 aliphatic carbocycles. The van der Waals surface area contributed by atoms with E-state index in [0.29, 0.717) is 21.7 Å². The molecule has 0 N–H and O–H groups in total. The first-order valence-corrected chi connectivity index (χ1v) is 20.9. The topological polar surface area (TPSA) is 0 Å². The van der Waals surface area contributed by atoms with Gasteiger partial charge in [-0.15, -0.1) is 34.4 Å². The van der Waals surface area contributed by atoms with Crippen molar-refractivity contribution in [2.24, 2.45) is 0 Å². The van der Waals surface area contributed by atoms with Gasteiger partial charge < -0.3 is 14.0 Å². The van der Waals surface area contributed by atoms with E-state index in [9.17, 15) is 0 Å². The maximum Gasteiger partial charge on any atom is 4.00 e. The number of benzene rings is 4. The first kappa shape index (κ1) is 42.2. The van der Waals surface area contributed by atoms with Crippen LogP contribution >= 0.6 is 0 Å². The first-order valence-electron chi connectivity index (χ1n) is 18.9. The molecular formula is C50H62HfSi. The zero-order valence-corrected chi connectivity index (χ0v) is 38.9. The minimum absolute atomic E-state index is 0. The molecule has 52 heavy (non-hydrogen) atoms. The SMILES string of the molecule is CC1=[C-]c2cc3c(cc2C1)C(C)(C)CCC3(C)C.CC1=[C-]c2cc3c(cc2C1)C(C)(C)CCC3(C)C.[CH2-][SiH](c1ccccc1)c1ccccc1.[CH3-].[Hf+4]. The predicted molar refractivity (Wildman–Crippen MR) is 225 cm³/mol. The summed E-state index contributed by atoms with van der Waals surface area (Å²) in [5.41, 5.74) is 16.0. The van der Waals surface area contributed by atoms with Gasteiger partial charge in [0.1, 0.15) is 0 Å². The summed E-state index contributed by atoms with van der Waals surface area (Å²) in [4.78, 5) is 0. The van der Waals surface area contributed by atoms with Crippen molar-refractivity contribution in [2.45, 2.75) is 129 Å². The van der Waals surface area contributed by atoms with Crippen molar-refractivity contribution >= 4 is 19.2 Å². The Hall–Kier alpha value is -2.55. The molecule has 0 radical (unpaired) electrons. The smallest absolute Gasteiger partial charge is 0.358 e. The van der Waals surface area contributed by atoms with Crippen LogP contribution in [0.25, 0.3) is 0 Å². The summed E-state index contributed by atoms with van der Waals surface area (Å²) in [7, 11) is -1.17. The molecule has 2 heteroatoms. The molecule has 270 valence electrons. The molecule has 0 atom stereocenters. The molecule has 0 spiro atoms. The molecule has 4 aromatic carbocycles. The molecule has 4 aromatic rings. The first-order chi connectivity index (χ1) is 23.5. The van der Waals surface area contributed by atoms with E-state index in [1.807, 2.05) is 0 Å². The van der Waals surface area contributed by atoms with E-state index in [-0.39, 0.29) is 33.3 Å². The zero-order chi connectivity index (χ0) is 36.1. The van der Waals surface area contributed by atoms with Crippen molar-refractivity contribution in [3.8, 4) is 0 Å². The molecular weight excluding hydrogens is 807 g/mol. The number of fused-ring (bicyclic) bond motifs is 4. The molecule has 0 nitrogen and oxygen atoms in total. The van der Waals surface area contributed by atoms with Gasteiger partial charge in [0.2, 0.25) is 0 Å². The number of hydrogen-bond donors (Lipinski definition) is 0. The average molecular weight is 870 g/mol. The summed E-state index contributed by atoms with van der Waals surface area (Å²) in [6, 6.07) is 30.9. The van der Waals surface area contributed by atoms with Gasteiger partial charge in [-0.1, -0.05) is 175 Å². The zero-order valence-electron chi connectivity index (χ0n) is 34.1. The van der Waals surface area contributed by atoms with Gasteiger partial charge in [0.15, 0.2) is 0 Å². The Kier molecular flexibility index (Phi) is 13.0. The second-order valence-electron chi connectivity index (χ2n) is 18.2. The fourth-order valence-electron chi connectivity index (χ4n) is 8.53. The van der Waals surface area contributed by atoms with Crippen LogP contribution in [0.4, 0.5) is 0 Å². The fraction of sp³-hybridized carbons (Fsp3) is 0.400. The Balaban J connectivity index is 0.000000173. The quantitative estimate of drug-likeness (QED) is 0.139.